The Kier molecular flexibility index (Phi) is 5.21. The van der Waals surface area contributed by atoms with Crippen molar-refractivity contribution in [3.05, 3.63) is 52.0 Å². The number of nitrogens with zero attached hydrogens (tertiary/aromatic N) is 1. The van der Waals surface area contributed by atoms with Crippen LogP contribution in [0.3, 0.4) is 0 Å². The lowest BCUT2D eigenvalue weighted by molar-refractivity contribution is 0.00589. The molecular weight excluding hydrogens is 458 g/mol. The van der Waals surface area contributed by atoms with Gasteiger partial charge in [0.15, 0.2) is 5.78 Å². The van der Waals surface area contributed by atoms with E-state index in [1.54, 1.807) is 37.4 Å². The number of aryl methyl sites for hydroxylation is 1. The topological polar surface area (TPSA) is 72.9 Å². The molecule has 2 aliphatic rings. The summed E-state index contributed by atoms with van der Waals surface area (Å²) in [6.07, 6.45) is 1.22. The Labute approximate surface area is 179 Å². The van der Waals surface area contributed by atoms with Gasteiger partial charge < -0.3 is 9.47 Å². The third kappa shape index (κ3) is 3.69. The normalized spacial score (nSPS) is 18.9. The molecule has 1 fully saturated rings. The molecule has 6 nitrogen and oxygen atoms in total. The lowest BCUT2D eigenvalue weighted by atomic mass is 9.83. The zero-order chi connectivity index (χ0) is 20.8. The van der Waals surface area contributed by atoms with Crippen molar-refractivity contribution < 1.29 is 22.7 Å². The van der Waals surface area contributed by atoms with Crippen LogP contribution >= 0.6 is 15.9 Å². The number of piperidine rings is 1. The van der Waals surface area contributed by atoms with Gasteiger partial charge in [0.25, 0.3) is 0 Å². The number of rotatable bonds is 3. The van der Waals surface area contributed by atoms with Crippen molar-refractivity contribution in [3.8, 4) is 11.5 Å². The predicted octanol–water partition coefficient (Wildman–Crippen LogP) is 3.95. The first kappa shape index (κ1) is 20.4. The summed E-state index contributed by atoms with van der Waals surface area (Å²) in [4.78, 5) is 12.9. The van der Waals surface area contributed by atoms with Gasteiger partial charge in [0, 0.05) is 30.4 Å². The minimum Gasteiger partial charge on any atom is -0.496 e. The van der Waals surface area contributed by atoms with Crippen LogP contribution < -0.4 is 9.47 Å². The average molecular weight is 480 g/mol. The summed E-state index contributed by atoms with van der Waals surface area (Å²) >= 11 is 3.38. The average Bonchev–Trinajstić information content (AvgIpc) is 2.69. The minimum absolute atomic E-state index is 0.0367. The van der Waals surface area contributed by atoms with Gasteiger partial charge >= 0.3 is 0 Å². The van der Waals surface area contributed by atoms with E-state index in [2.05, 4.69) is 15.9 Å². The van der Waals surface area contributed by atoms with Crippen LogP contribution in [-0.2, 0) is 10.0 Å². The van der Waals surface area contributed by atoms with Crippen molar-refractivity contribution in [2.75, 3.05) is 20.2 Å². The third-order valence-corrected chi connectivity index (χ3v) is 8.08. The summed E-state index contributed by atoms with van der Waals surface area (Å²) in [7, 11) is -2.05. The van der Waals surface area contributed by atoms with E-state index in [9.17, 15) is 13.2 Å². The van der Waals surface area contributed by atoms with Gasteiger partial charge in [0.2, 0.25) is 10.0 Å². The maximum Gasteiger partial charge on any atom is 0.243 e. The standard InChI is InChI=1S/C21H22BrNO5S/c1-14-11-16(4-6-19(14)27-2)29(25,26)23-9-7-21(8-10-23)13-18(24)17-12-15(22)3-5-20(17)28-21/h3-6,11-12H,7-10,13H2,1-2H3. The Hall–Kier alpha value is -1.90. The van der Waals surface area contributed by atoms with E-state index >= 15 is 0 Å². The second-order valence-electron chi connectivity index (χ2n) is 7.56. The minimum atomic E-state index is -3.61. The molecule has 0 aromatic heterocycles. The maximum absolute atomic E-state index is 13.1. The Balaban J connectivity index is 1.53. The molecule has 1 saturated heterocycles. The molecule has 0 bridgehead atoms. The van der Waals surface area contributed by atoms with Crippen molar-refractivity contribution in [3.63, 3.8) is 0 Å². The molecule has 0 saturated carbocycles. The highest BCUT2D eigenvalue weighted by molar-refractivity contribution is 9.10. The molecule has 8 heteroatoms. The third-order valence-electron chi connectivity index (χ3n) is 5.69. The molecule has 4 rings (SSSR count). The van der Waals surface area contributed by atoms with Crippen molar-refractivity contribution in [1.82, 2.24) is 4.31 Å². The van der Waals surface area contributed by atoms with E-state index in [1.807, 2.05) is 13.0 Å². The van der Waals surface area contributed by atoms with E-state index in [4.69, 9.17) is 9.47 Å². The van der Waals surface area contributed by atoms with Gasteiger partial charge in [-0.3, -0.25) is 4.79 Å². The second kappa shape index (κ2) is 7.41. The van der Waals surface area contributed by atoms with Crippen molar-refractivity contribution in [1.29, 1.82) is 0 Å². The SMILES string of the molecule is COc1ccc(S(=O)(=O)N2CCC3(CC2)CC(=O)c2cc(Br)ccc2O3)cc1C. The first-order valence-electron chi connectivity index (χ1n) is 9.41. The van der Waals surface area contributed by atoms with Crippen LogP contribution in [0.4, 0.5) is 0 Å². The number of ether oxygens (including phenoxy) is 2. The van der Waals surface area contributed by atoms with E-state index in [1.165, 1.54) is 4.31 Å². The molecule has 0 unspecified atom stereocenters. The highest BCUT2D eigenvalue weighted by Crippen LogP contribution is 2.41. The first-order chi connectivity index (χ1) is 13.7. The molecule has 0 aliphatic carbocycles. The molecule has 0 radical (unpaired) electrons. The van der Waals surface area contributed by atoms with Crippen molar-refractivity contribution in [2.45, 2.75) is 36.7 Å². The number of halogens is 1. The van der Waals surface area contributed by atoms with Gasteiger partial charge in [-0.25, -0.2) is 8.42 Å². The van der Waals surface area contributed by atoms with Crippen molar-refractivity contribution >= 4 is 31.7 Å². The molecule has 2 aromatic carbocycles. The van der Waals surface area contributed by atoms with Gasteiger partial charge in [0.05, 0.1) is 24.0 Å². The number of hydrogen-bond donors (Lipinski definition) is 0. The van der Waals surface area contributed by atoms with E-state index in [0.717, 1.165) is 10.0 Å². The fraction of sp³-hybridized carbons (Fsp3) is 0.381. The number of Topliss-reactive ketones (excluding diaryl/α,β-unsaturated/α-hetero) is 1. The summed E-state index contributed by atoms with van der Waals surface area (Å²) in [5.41, 5.74) is 0.708. The largest absolute Gasteiger partial charge is 0.496 e. The molecule has 29 heavy (non-hydrogen) atoms. The van der Waals surface area contributed by atoms with Crippen LogP contribution in [-0.4, -0.2) is 44.3 Å². The highest BCUT2D eigenvalue weighted by Gasteiger charge is 2.45. The summed E-state index contributed by atoms with van der Waals surface area (Å²) in [6.45, 7) is 2.44. The van der Waals surface area contributed by atoms with Crippen LogP contribution in [0.5, 0.6) is 11.5 Å². The fourth-order valence-electron chi connectivity index (χ4n) is 4.04. The Morgan fingerprint density at radius 2 is 1.86 bits per heavy atom. The van der Waals surface area contributed by atoms with Gasteiger partial charge in [-0.2, -0.15) is 4.31 Å². The zero-order valence-electron chi connectivity index (χ0n) is 16.3. The summed E-state index contributed by atoms with van der Waals surface area (Å²) in [5.74, 6) is 1.27. The number of sulfonamides is 1. The number of fused-ring (bicyclic) bond motifs is 1. The molecule has 0 N–H and O–H groups in total. The number of methoxy groups -OCH3 is 1. The highest BCUT2D eigenvalue weighted by atomic mass is 79.9. The molecular formula is C21H22BrNO5S. The van der Waals surface area contributed by atoms with Crippen LogP contribution in [0.15, 0.2) is 45.8 Å². The van der Waals surface area contributed by atoms with Gasteiger partial charge in [-0.05, 0) is 48.9 Å². The lowest BCUT2D eigenvalue weighted by Crippen LogP contribution is -2.52. The van der Waals surface area contributed by atoms with Crippen LogP contribution in [0, 0.1) is 6.92 Å². The number of carbonyl (C=O) groups excluding carboxylic acids is 1. The molecule has 0 amide bonds. The van der Waals surface area contributed by atoms with Gasteiger partial charge in [-0.1, -0.05) is 15.9 Å². The van der Waals surface area contributed by atoms with Crippen molar-refractivity contribution in [2.24, 2.45) is 0 Å². The van der Waals surface area contributed by atoms with E-state index in [0.29, 0.717) is 43.0 Å². The monoisotopic (exact) mass is 479 g/mol. The smallest absolute Gasteiger partial charge is 0.243 e. The summed E-state index contributed by atoms with van der Waals surface area (Å²) in [5, 5.41) is 0. The number of benzene rings is 2. The molecule has 2 aliphatic heterocycles. The molecule has 1 spiro atoms. The Morgan fingerprint density at radius 3 is 2.52 bits per heavy atom. The molecule has 2 heterocycles. The van der Waals surface area contributed by atoms with E-state index < -0.39 is 15.6 Å². The quantitative estimate of drug-likeness (QED) is 0.665. The summed E-state index contributed by atoms with van der Waals surface area (Å²) in [6, 6.07) is 10.3. The number of ketones is 1. The maximum atomic E-state index is 13.1. The van der Waals surface area contributed by atoms with Crippen LogP contribution in [0.2, 0.25) is 0 Å². The van der Waals surface area contributed by atoms with Gasteiger partial charge in [-0.15, -0.1) is 0 Å². The van der Waals surface area contributed by atoms with Gasteiger partial charge in [0.1, 0.15) is 17.1 Å². The zero-order valence-corrected chi connectivity index (χ0v) is 18.7. The number of carbonyl (C=O) groups is 1. The van der Waals surface area contributed by atoms with E-state index in [-0.39, 0.29) is 17.1 Å². The Bertz CT molecular complexity index is 1070. The van der Waals surface area contributed by atoms with Crippen LogP contribution in [0.25, 0.3) is 0 Å². The molecule has 2 aromatic rings. The molecule has 154 valence electrons. The molecule has 0 atom stereocenters. The fourth-order valence-corrected chi connectivity index (χ4v) is 5.93. The lowest BCUT2D eigenvalue weighted by Gasteiger charge is -2.43. The summed E-state index contributed by atoms with van der Waals surface area (Å²) < 4.78 is 39.9. The second-order valence-corrected chi connectivity index (χ2v) is 10.4. The van der Waals surface area contributed by atoms with Crippen LogP contribution in [0.1, 0.15) is 35.2 Å². The first-order valence-corrected chi connectivity index (χ1v) is 11.6. The Morgan fingerprint density at radius 1 is 1.14 bits per heavy atom. The predicted molar refractivity (Wildman–Crippen MR) is 112 cm³/mol. The number of hydrogen-bond acceptors (Lipinski definition) is 5.